The van der Waals surface area contributed by atoms with Crippen molar-refractivity contribution in [2.45, 2.75) is 6.92 Å². The van der Waals surface area contributed by atoms with Gasteiger partial charge in [-0.05, 0) is 37.3 Å². The average Bonchev–Trinajstić information content (AvgIpc) is 2.64. The minimum atomic E-state index is -0.523. The Morgan fingerprint density at radius 3 is 2.65 bits per heavy atom. The van der Waals surface area contributed by atoms with Gasteiger partial charge in [0, 0.05) is 18.1 Å². The normalized spacial score (nSPS) is 10.9. The number of benzene rings is 1. The Morgan fingerprint density at radius 2 is 2.05 bits per heavy atom. The summed E-state index contributed by atoms with van der Waals surface area (Å²) in [5, 5.41) is 4.90. The van der Waals surface area contributed by atoms with E-state index in [1.54, 1.807) is 42.1 Å². The van der Waals surface area contributed by atoms with E-state index in [1.807, 2.05) is 6.92 Å². The number of nitrogens with zero attached hydrogens (tertiary/aromatic N) is 2. The fraction of sp³-hybridized carbons (Fsp3) is 0.143. The van der Waals surface area contributed by atoms with E-state index >= 15 is 0 Å². The van der Waals surface area contributed by atoms with Gasteiger partial charge in [0.15, 0.2) is 0 Å². The van der Waals surface area contributed by atoms with Crippen LogP contribution in [0.5, 0.6) is 11.6 Å². The number of primary amides is 1. The van der Waals surface area contributed by atoms with E-state index in [9.17, 15) is 4.79 Å². The van der Waals surface area contributed by atoms with Gasteiger partial charge in [-0.1, -0.05) is 11.6 Å². The molecule has 0 aliphatic carbocycles. The minimum absolute atomic E-state index is 0.523. The number of carbonyl (C=O) groups is 1. The number of carbonyl (C=O) groups excluding carboxylic acids is 1. The molecular formula is C14H14ClN3O2. The Morgan fingerprint density at radius 1 is 1.40 bits per heavy atom. The Labute approximate surface area is 121 Å². The highest BCUT2D eigenvalue weighted by molar-refractivity contribution is 6.30. The topological polar surface area (TPSA) is 70.1 Å². The summed E-state index contributed by atoms with van der Waals surface area (Å²) in [6.07, 6.45) is 2.87. The molecule has 0 atom stereocenters. The number of aromatic nitrogens is 2. The molecule has 104 valence electrons. The lowest BCUT2D eigenvalue weighted by molar-refractivity contribution is -0.113. The van der Waals surface area contributed by atoms with Gasteiger partial charge in [0.2, 0.25) is 11.8 Å². The molecule has 2 aromatic rings. The summed E-state index contributed by atoms with van der Waals surface area (Å²) in [5.41, 5.74) is 6.56. The zero-order chi connectivity index (χ0) is 14.7. The third-order valence-electron chi connectivity index (χ3n) is 2.66. The molecule has 1 heterocycles. The maximum Gasteiger partial charge on any atom is 0.241 e. The van der Waals surface area contributed by atoms with Crippen LogP contribution >= 0.6 is 11.6 Å². The second-order valence-corrected chi connectivity index (χ2v) is 4.66. The summed E-state index contributed by atoms with van der Waals surface area (Å²) >= 11 is 5.83. The van der Waals surface area contributed by atoms with Crippen molar-refractivity contribution in [3.05, 3.63) is 46.6 Å². The fourth-order valence-corrected chi connectivity index (χ4v) is 1.87. The van der Waals surface area contributed by atoms with E-state index in [4.69, 9.17) is 22.1 Å². The third-order valence-corrected chi connectivity index (χ3v) is 2.91. The van der Waals surface area contributed by atoms with E-state index in [0.29, 0.717) is 22.2 Å². The second-order valence-electron chi connectivity index (χ2n) is 4.22. The predicted molar refractivity (Wildman–Crippen MR) is 77.7 cm³/mol. The number of hydrogen-bond acceptors (Lipinski definition) is 3. The Hall–Kier alpha value is -2.27. The molecule has 5 nitrogen and oxygen atoms in total. The first kappa shape index (κ1) is 14.1. The van der Waals surface area contributed by atoms with Crippen LogP contribution in [0.3, 0.4) is 0 Å². The standard InChI is InChI=1S/C14H14ClN3O2/c1-9-12(7-8-13(16)19)14(18(2)17-9)20-11-5-3-10(15)4-6-11/h3-8H,1-2H3,(H2,16,19)/b8-7+. The molecule has 1 amide bonds. The molecule has 0 saturated heterocycles. The molecule has 0 aliphatic rings. The van der Waals surface area contributed by atoms with Crippen molar-refractivity contribution in [2.75, 3.05) is 0 Å². The Bertz CT molecular complexity index is 660. The Kier molecular flexibility index (Phi) is 4.10. The zero-order valence-corrected chi connectivity index (χ0v) is 11.9. The van der Waals surface area contributed by atoms with Gasteiger partial charge in [0.1, 0.15) is 5.75 Å². The summed E-state index contributed by atoms with van der Waals surface area (Å²) < 4.78 is 7.39. The molecule has 0 aliphatic heterocycles. The predicted octanol–water partition coefficient (Wildman–Crippen LogP) is 2.67. The fourth-order valence-electron chi connectivity index (χ4n) is 1.75. The summed E-state index contributed by atoms with van der Waals surface area (Å²) in [6, 6.07) is 6.98. The summed E-state index contributed by atoms with van der Waals surface area (Å²) in [6.45, 7) is 1.83. The van der Waals surface area contributed by atoms with Crippen LogP contribution in [0.4, 0.5) is 0 Å². The number of amides is 1. The number of aryl methyl sites for hydroxylation is 2. The maximum absolute atomic E-state index is 10.9. The molecule has 6 heteroatoms. The van der Waals surface area contributed by atoms with Crippen LogP contribution in [-0.2, 0) is 11.8 Å². The van der Waals surface area contributed by atoms with Gasteiger partial charge in [0.05, 0.1) is 11.3 Å². The summed E-state index contributed by atoms with van der Waals surface area (Å²) in [7, 11) is 1.76. The number of nitrogens with two attached hydrogens (primary N) is 1. The lowest BCUT2D eigenvalue weighted by atomic mass is 10.2. The highest BCUT2D eigenvalue weighted by Crippen LogP contribution is 2.28. The molecule has 1 aromatic carbocycles. The zero-order valence-electron chi connectivity index (χ0n) is 11.1. The molecule has 0 saturated carbocycles. The van der Waals surface area contributed by atoms with E-state index in [2.05, 4.69) is 5.10 Å². The number of halogens is 1. The van der Waals surface area contributed by atoms with Gasteiger partial charge >= 0.3 is 0 Å². The third kappa shape index (κ3) is 3.19. The van der Waals surface area contributed by atoms with Gasteiger partial charge in [-0.2, -0.15) is 5.10 Å². The van der Waals surface area contributed by atoms with Gasteiger partial charge < -0.3 is 10.5 Å². The largest absolute Gasteiger partial charge is 0.439 e. The molecule has 0 unspecified atom stereocenters. The van der Waals surface area contributed by atoms with Crippen molar-refractivity contribution in [3.63, 3.8) is 0 Å². The van der Waals surface area contributed by atoms with Gasteiger partial charge in [0.25, 0.3) is 0 Å². The molecule has 0 bridgehead atoms. The highest BCUT2D eigenvalue weighted by atomic mass is 35.5. The van der Waals surface area contributed by atoms with Gasteiger partial charge in [-0.3, -0.25) is 4.79 Å². The van der Waals surface area contributed by atoms with Crippen LogP contribution in [0.1, 0.15) is 11.3 Å². The van der Waals surface area contributed by atoms with Crippen LogP contribution in [0.2, 0.25) is 5.02 Å². The van der Waals surface area contributed by atoms with E-state index < -0.39 is 5.91 Å². The first-order chi connectivity index (χ1) is 9.47. The minimum Gasteiger partial charge on any atom is -0.439 e. The molecule has 2 rings (SSSR count). The lowest BCUT2D eigenvalue weighted by Gasteiger charge is -2.07. The second kappa shape index (κ2) is 5.79. The van der Waals surface area contributed by atoms with Crippen LogP contribution in [-0.4, -0.2) is 15.7 Å². The summed E-state index contributed by atoms with van der Waals surface area (Å²) in [5.74, 6) is 0.638. The van der Waals surface area contributed by atoms with Crippen molar-refractivity contribution in [2.24, 2.45) is 12.8 Å². The molecule has 2 N–H and O–H groups in total. The van der Waals surface area contributed by atoms with Crippen molar-refractivity contribution in [3.8, 4) is 11.6 Å². The van der Waals surface area contributed by atoms with Crippen molar-refractivity contribution >= 4 is 23.6 Å². The average molecular weight is 292 g/mol. The SMILES string of the molecule is Cc1nn(C)c(Oc2ccc(Cl)cc2)c1/C=C/C(N)=O. The van der Waals surface area contributed by atoms with Crippen LogP contribution < -0.4 is 10.5 Å². The maximum atomic E-state index is 10.9. The smallest absolute Gasteiger partial charge is 0.241 e. The number of rotatable bonds is 4. The Balaban J connectivity index is 2.35. The first-order valence-corrected chi connectivity index (χ1v) is 6.29. The van der Waals surface area contributed by atoms with Crippen LogP contribution in [0.15, 0.2) is 30.3 Å². The quantitative estimate of drug-likeness (QED) is 0.880. The van der Waals surface area contributed by atoms with Gasteiger partial charge in [-0.15, -0.1) is 0 Å². The lowest BCUT2D eigenvalue weighted by Crippen LogP contribution is -2.05. The first-order valence-electron chi connectivity index (χ1n) is 5.92. The van der Waals surface area contributed by atoms with Crippen LogP contribution in [0.25, 0.3) is 6.08 Å². The highest BCUT2D eigenvalue weighted by Gasteiger charge is 2.13. The molecule has 0 spiro atoms. The van der Waals surface area contributed by atoms with Crippen molar-refractivity contribution < 1.29 is 9.53 Å². The molecular weight excluding hydrogens is 278 g/mol. The summed E-state index contributed by atoms with van der Waals surface area (Å²) in [4.78, 5) is 10.9. The molecule has 0 fully saturated rings. The monoisotopic (exact) mass is 291 g/mol. The van der Waals surface area contributed by atoms with E-state index in [1.165, 1.54) is 6.08 Å². The number of ether oxygens (including phenoxy) is 1. The number of hydrogen-bond donors (Lipinski definition) is 1. The van der Waals surface area contributed by atoms with Gasteiger partial charge in [-0.25, -0.2) is 4.68 Å². The van der Waals surface area contributed by atoms with Crippen molar-refractivity contribution in [1.82, 2.24) is 9.78 Å². The molecule has 0 radical (unpaired) electrons. The van der Waals surface area contributed by atoms with Crippen molar-refractivity contribution in [1.29, 1.82) is 0 Å². The van der Waals surface area contributed by atoms with Crippen LogP contribution in [0, 0.1) is 6.92 Å². The van der Waals surface area contributed by atoms with E-state index in [-0.39, 0.29) is 0 Å². The molecule has 20 heavy (non-hydrogen) atoms. The molecule has 1 aromatic heterocycles. The van der Waals surface area contributed by atoms with E-state index in [0.717, 1.165) is 5.69 Å².